The highest BCUT2D eigenvalue weighted by Gasteiger charge is 2.28. The maximum Gasteiger partial charge on any atom is 0.412 e. The van der Waals surface area contributed by atoms with Gasteiger partial charge in [-0.05, 0) is 56.5 Å². The first-order valence-corrected chi connectivity index (χ1v) is 10.5. The number of hydrogen-bond donors (Lipinski definition) is 3. The first kappa shape index (κ1) is 22.8. The van der Waals surface area contributed by atoms with Gasteiger partial charge in [0.2, 0.25) is 0 Å². The third kappa shape index (κ3) is 5.83. The van der Waals surface area contributed by atoms with Crippen molar-refractivity contribution in [2.24, 2.45) is 0 Å². The Balaban J connectivity index is 1.57. The zero-order chi connectivity index (χ0) is 22.6. The van der Waals surface area contributed by atoms with Crippen LogP contribution in [0.3, 0.4) is 0 Å². The summed E-state index contributed by atoms with van der Waals surface area (Å²) in [6.07, 6.45) is -0.818. The molecule has 0 unspecified atom stereocenters. The van der Waals surface area contributed by atoms with Gasteiger partial charge in [-0.3, -0.25) is 14.6 Å². The van der Waals surface area contributed by atoms with Crippen molar-refractivity contribution < 1.29 is 19.8 Å². The van der Waals surface area contributed by atoms with Crippen molar-refractivity contribution in [2.75, 3.05) is 24.5 Å². The van der Waals surface area contributed by atoms with Crippen LogP contribution in [0.5, 0.6) is 0 Å². The maximum atomic E-state index is 12.6. The molecular formula is C24H31N3O4. The Hall–Kier alpha value is -2.90. The van der Waals surface area contributed by atoms with Gasteiger partial charge in [0.05, 0.1) is 6.10 Å². The lowest BCUT2D eigenvalue weighted by atomic mass is 10.00. The second-order valence-electron chi connectivity index (χ2n) is 8.96. The average molecular weight is 426 g/mol. The lowest BCUT2D eigenvalue weighted by Crippen LogP contribution is -2.45. The maximum absolute atomic E-state index is 12.6. The van der Waals surface area contributed by atoms with E-state index in [1.54, 1.807) is 45.0 Å². The van der Waals surface area contributed by atoms with Gasteiger partial charge in [0.15, 0.2) is 0 Å². The molecule has 2 aromatic carbocycles. The van der Waals surface area contributed by atoms with Gasteiger partial charge >= 0.3 is 6.09 Å². The van der Waals surface area contributed by atoms with Crippen LogP contribution in [0, 0.1) is 0 Å². The number of carbonyl (C=O) groups excluding carboxylic acids is 1. The molecule has 0 aromatic heterocycles. The van der Waals surface area contributed by atoms with Crippen LogP contribution in [0.15, 0.2) is 48.5 Å². The number of aliphatic hydroxyl groups is 1. The summed E-state index contributed by atoms with van der Waals surface area (Å²) in [6, 6.07) is 14.8. The predicted octanol–water partition coefficient (Wildman–Crippen LogP) is 3.12. The summed E-state index contributed by atoms with van der Waals surface area (Å²) in [5.41, 5.74) is 2.77. The van der Waals surface area contributed by atoms with Crippen LogP contribution in [0.25, 0.3) is 0 Å². The molecule has 1 aliphatic rings. The number of aliphatic hydroxyl groups excluding tert-OH is 1. The van der Waals surface area contributed by atoms with Gasteiger partial charge in [0.1, 0.15) is 0 Å². The summed E-state index contributed by atoms with van der Waals surface area (Å²) >= 11 is 0. The van der Waals surface area contributed by atoms with Crippen LogP contribution in [0.1, 0.15) is 42.3 Å². The van der Waals surface area contributed by atoms with Crippen molar-refractivity contribution in [3.63, 3.8) is 0 Å². The Morgan fingerprint density at radius 2 is 1.84 bits per heavy atom. The smallest absolute Gasteiger partial charge is 0.412 e. The van der Waals surface area contributed by atoms with Crippen molar-refractivity contribution in [1.29, 1.82) is 0 Å². The van der Waals surface area contributed by atoms with E-state index in [-0.39, 0.29) is 12.5 Å². The zero-order valence-electron chi connectivity index (χ0n) is 18.3. The quantitative estimate of drug-likeness (QED) is 0.661. The molecule has 0 saturated heterocycles. The number of amides is 2. The molecule has 0 fully saturated rings. The summed E-state index contributed by atoms with van der Waals surface area (Å²) < 4.78 is 0. The monoisotopic (exact) mass is 425 g/mol. The van der Waals surface area contributed by atoms with E-state index in [1.165, 1.54) is 16.0 Å². The van der Waals surface area contributed by atoms with Crippen LogP contribution >= 0.6 is 0 Å². The van der Waals surface area contributed by atoms with Gasteiger partial charge in [0, 0.05) is 43.0 Å². The highest BCUT2D eigenvalue weighted by atomic mass is 16.4. The number of nitrogens with one attached hydrogen (secondary N) is 1. The molecule has 0 bridgehead atoms. The van der Waals surface area contributed by atoms with Gasteiger partial charge in [-0.15, -0.1) is 0 Å². The van der Waals surface area contributed by atoms with Crippen molar-refractivity contribution in [1.82, 2.24) is 10.2 Å². The number of carboxylic acid groups (broad SMARTS) is 1. The van der Waals surface area contributed by atoms with Crippen LogP contribution < -0.4 is 10.2 Å². The van der Waals surface area contributed by atoms with Gasteiger partial charge in [-0.2, -0.15) is 0 Å². The highest BCUT2D eigenvalue weighted by Crippen LogP contribution is 2.25. The summed E-state index contributed by atoms with van der Waals surface area (Å²) in [4.78, 5) is 27.7. The molecule has 1 heterocycles. The molecule has 3 rings (SSSR count). The number of fused-ring (bicyclic) bond motifs is 1. The predicted molar refractivity (Wildman–Crippen MR) is 120 cm³/mol. The highest BCUT2D eigenvalue weighted by molar-refractivity contribution is 5.96. The fourth-order valence-electron chi connectivity index (χ4n) is 3.96. The molecule has 1 aliphatic heterocycles. The first-order chi connectivity index (χ1) is 14.6. The third-order valence-corrected chi connectivity index (χ3v) is 5.41. The molecule has 1 atom stereocenters. The molecule has 0 radical (unpaired) electrons. The molecule has 7 heteroatoms. The average Bonchev–Trinajstić information content (AvgIpc) is 2.71. The first-order valence-electron chi connectivity index (χ1n) is 10.5. The standard InChI is InChI=1S/C24H31N3O4/c1-24(2,3)27(23(30)31)20-10-6-9-18(13-20)22(29)25-14-21(28)16-26-12-11-17-7-4-5-8-19(17)15-26/h4-10,13,21,28H,11-12,14-16H2,1-3H3,(H,25,29)(H,30,31)/t21-/m0/s1. The number of rotatable bonds is 6. The van der Waals surface area contributed by atoms with Crippen molar-refractivity contribution >= 4 is 17.7 Å². The second kappa shape index (κ2) is 9.49. The van der Waals surface area contributed by atoms with E-state index < -0.39 is 17.7 Å². The molecule has 0 aliphatic carbocycles. The molecule has 7 nitrogen and oxygen atoms in total. The lowest BCUT2D eigenvalue weighted by Gasteiger charge is -2.33. The minimum atomic E-state index is -1.08. The van der Waals surface area contributed by atoms with E-state index in [2.05, 4.69) is 22.3 Å². The summed E-state index contributed by atoms with van der Waals surface area (Å²) in [6.45, 7) is 7.66. The van der Waals surface area contributed by atoms with Crippen LogP contribution in [0.2, 0.25) is 0 Å². The molecule has 2 amide bonds. The number of benzene rings is 2. The van der Waals surface area contributed by atoms with E-state index in [0.717, 1.165) is 19.5 Å². The number of hydrogen-bond acceptors (Lipinski definition) is 4. The number of nitrogens with zero attached hydrogens (tertiary/aromatic N) is 2. The topological polar surface area (TPSA) is 93.1 Å². The van der Waals surface area contributed by atoms with Crippen LogP contribution in [-0.2, 0) is 13.0 Å². The molecule has 3 N–H and O–H groups in total. The fraction of sp³-hybridized carbons (Fsp3) is 0.417. The fourth-order valence-corrected chi connectivity index (χ4v) is 3.96. The Morgan fingerprint density at radius 3 is 2.52 bits per heavy atom. The molecule has 31 heavy (non-hydrogen) atoms. The number of β-amino-alcohol motifs (C(OH)–C–C–N with tert-alkyl or cyclic N) is 1. The number of anilines is 1. The lowest BCUT2D eigenvalue weighted by molar-refractivity contribution is 0.0842. The van der Waals surface area contributed by atoms with Crippen molar-refractivity contribution in [3.05, 3.63) is 65.2 Å². The molecular weight excluding hydrogens is 394 g/mol. The van der Waals surface area contributed by atoms with Gasteiger partial charge in [-0.25, -0.2) is 4.79 Å². The van der Waals surface area contributed by atoms with E-state index in [1.807, 2.05) is 12.1 Å². The molecule has 2 aromatic rings. The second-order valence-corrected chi connectivity index (χ2v) is 8.96. The summed E-state index contributed by atoms with van der Waals surface area (Å²) in [5, 5.41) is 22.8. The Bertz CT molecular complexity index is 938. The Labute approximate surface area is 183 Å². The van der Waals surface area contributed by atoms with Crippen LogP contribution in [-0.4, -0.2) is 58.4 Å². The Morgan fingerprint density at radius 1 is 1.13 bits per heavy atom. The van der Waals surface area contributed by atoms with Crippen molar-refractivity contribution in [2.45, 2.75) is 45.4 Å². The Kier molecular flexibility index (Phi) is 6.97. The number of carbonyl (C=O) groups is 2. The normalized spacial score (nSPS) is 15.1. The van der Waals surface area contributed by atoms with Gasteiger partial charge in [-0.1, -0.05) is 30.3 Å². The van der Waals surface area contributed by atoms with Crippen LogP contribution in [0.4, 0.5) is 10.5 Å². The largest absolute Gasteiger partial charge is 0.465 e. The van der Waals surface area contributed by atoms with E-state index in [4.69, 9.17) is 0 Å². The summed E-state index contributed by atoms with van der Waals surface area (Å²) in [7, 11) is 0. The zero-order valence-corrected chi connectivity index (χ0v) is 18.3. The van der Waals surface area contributed by atoms with Gasteiger partial charge in [0.25, 0.3) is 5.91 Å². The summed E-state index contributed by atoms with van der Waals surface area (Å²) in [5.74, 6) is -0.343. The van der Waals surface area contributed by atoms with E-state index in [0.29, 0.717) is 17.8 Å². The van der Waals surface area contributed by atoms with E-state index in [9.17, 15) is 19.8 Å². The minimum absolute atomic E-state index is 0.128. The van der Waals surface area contributed by atoms with E-state index >= 15 is 0 Å². The molecule has 166 valence electrons. The minimum Gasteiger partial charge on any atom is -0.465 e. The molecule has 0 saturated carbocycles. The molecule has 0 spiro atoms. The SMILES string of the molecule is CC(C)(C)N(C(=O)O)c1cccc(C(=O)NC[C@H](O)CN2CCc3ccccc3C2)c1. The van der Waals surface area contributed by atoms with Gasteiger partial charge < -0.3 is 15.5 Å². The van der Waals surface area contributed by atoms with Crippen molar-refractivity contribution in [3.8, 4) is 0 Å². The third-order valence-electron chi connectivity index (χ3n) is 5.41.